The van der Waals surface area contributed by atoms with Gasteiger partial charge in [-0.15, -0.1) is 47.9 Å². The van der Waals surface area contributed by atoms with Crippen LogP contribution in [0, 0.1) is 0 Å². The Hall–Kier alpha value is -1.04. The van der Waals surface area contributed by atoms with E-state index in [2.05, 4.69) is 5.32 Å². The summed E-state index contributed by atoms with van der Waals surface area (Å²) in [6.07, 6.45) is 1.73. The average Bonchev–Trinajstić information content (AvgIpc) is 3.10. The number of aliphatic carboxylic acids is 2. The number of thiophene rings is 1. The van der Waals surface area contributed by atoms with E-state index < -0.39 is 30.6 Å². The number of hydrogen-bond acceptors (Lipinski definition) is 7. The van der Waals surface area contributed by atoms with E-state index in [0.29, 0.717) is 38.1 Å². The van der Waals surface area contributed by atoms with Crippen molar-refractivity contribution < 1.29 is 24.6 Å². The van der Waals surface area contributed by atoms with Gasteiger partial charge in [-0.25, -0.2) is 0 Å². The van der Waals surface area contributed by atoms with E-state index in [9.17, 15) is 19.5 Å². The number of hydrogen-bond donors (Lipinski definition) is 4. The highest BCUT2D eigenvalue weighted by Crippen LogP contribution is 2.35. The molecule has 8 nitrogen and oxygen atoms in total. The minimum absolute atomic E-state index is 0. The Morgan fingerprint density at radius 3 is 2.59 bits per heavy atom. The molecule has 166 valence electrons. The number of rotatable bonds is 10. The van der Waals surface area contributed by atoms with Crippen LogP contribution in [0.3, 0.4) is 0 Å². The van der Waals surface area contributed by atoms with Crippen molar-refractivity contribution in [1.82, 2.24) is 10.2 Å². The zero-order valence-electron chi connectivity index (χ0n) is 15.7. The second-order valence-corrected chi connectivity index (χ2v) is 8.56. The quantitative estimate of drug-likeness (QED) is 0.367. The number of nitrogens with one attached hydrogen (secondary N) is 1. The first kappa shape index (κ1) is 28.0. The molecule has 2 heterocycles. The number of nitrogens with zero attached hydrogens (tertiary/aromatic N) is 1. The fourth-order valence-corrected chi connectivity index (χ4v) is 5.19. The molecule has 5 N–H and O–H groups in total. The summed E-state index contributed by atoms with van der Waals surface area (Å²) in [6, 6.07) is 2.28. The highest BCUT2D eigenvalue weighted by Gasteiger charge is 2.35. The Labute approximate surface area is 190 Å². The van der Waals surface area contributed by atoms with Gasteiger partial charge in [-0.2, -0.15) is 0 Å². The summed E-state index contributed by atoms with van der Waals surface area (Å²) in [5, 5.41) is 23.5. The zero-order chi connectivity index (χ0) is 19.8. The maximum Gasteiger partial charge on any atom is 0.323 e. The van der Waals surface area contributed by atoms with E-state index in [1.807, 2.05) is 17.5 Å². The molecule has 2 unspecified atom stereocenters. The number of carboxylic acids is 2. The largest absolute Gasteiger partial charge is 0.480 e. The standard InChI is InChI=1S/C17H25N3O5S2.2ClH/c18-6-2-1-4-11(17(24)25)19-12-10-27-14(13-5-3-7-26-13)8-20(16(12)23)9-15(21)22;;/h3,5,7,11-12,14,19H,1-2,4,6,8-10,18H2,(H,21,22)(H,24,25);2*1H/t11-,12?,14?;;/m0../s1. The lowest BCUT2D eigenvalue weighted by Crippen LogP contribution is -2.53. The van der Waals surface area contributed by atoms with Crippen LogP contribution in [0.25, 0.3) is 0 Å². The molecular weight excluding hydrogens is 461 g/mol. The Kier molecular flexibility index (Phi) is 13.5. The van der Waals surface area contributed by atoms with Crippen LogP contribution in [0.15, 0.2) is 17.5 Å². The minimum atomic E-state index is -1.09. The average molecular weight is 488 g/mol. The molecule has 0 aromatic carbocycles. The summed E-state index contributed by atoms with van der Waals surface area (Å²) in [5.74, 6) is -2.09. The lowest BCUT2D eigenvalue weighted by molar-refractivity contribution is -0.146. The van der Waals surface area contributed by atoms with E-state index in [0.717, 1.165) is 4.88 Å². The first-order valence-corrected chi connectivity index (χ1v) is 10.7. The van der Waals surface area contributed by atoms with Gasteiger partial charge < -0.3 is 20.8 Å². The number of nitrogens with two attached hydrogens (primary N) is 1. The lowest BCUT2D eigenvalue weighted by Gasteiger charge is -2.26. The zero-order valence-corrected chi connectivity index (χ0v) is 19.0. The maximum absolute atomic E-state index is 12.9. The van der Waals surface area contributed by atoms with Gasteiger partial charge in [0.2, 0.25) is 5.91 Å². The van der Waals surface area contributed by atoms with Gasteiger partial charge in [0.25, 0.3) is 0 Å². The summed E-state index contributed by atoms with van der Waals surface area (Å²) >= 11 is 3.11. The van der Waals surface area contributed by atoms with Crippen molar-refractivity contribution in [3.05, 3.63) is 22.4 Å². The second kappa shape index (κ2) is 14.1. The molecule has 3 atom stereocenters. The topological polar surface area (TPSA) is 133 Å². The fourth-order valence-electron chi connectivity index (χ4n) is 2.93. The number of carbonyl (C=O) groups is 3. The first-order chi connectivity index (χ1) is 12.9. The molecule has 0 spiro atoms. The molecule has 12 heteroatoms. The summed E-state index contributed by atoms with van der Waals surface area (Å²) in [6.45, 7) is 0.378. The Bertz CT molecular complexity index is 651. The first-order valence-electron chi connectivity index (χ1n) is 8.77. The Balaban J connectivity index is 0.00000392. The van der Waals surface area contributed by atoms with E-state index in [1.54, 1.807) is 23.1 Å². The Morgan fingerprint density at radius 1 is 1.31 bits per heavy atom. The van der Waals surface area contributed by atoms with Crippen LogP contribution in [-0.2, 0) is 14.4 Å². The number of unbranched alkanes of at least 4 members (excludes halogenated alkanes) is 1. The van der Waals surface area contributed by atoms with Crippen LogP contribution < -0.4 is 11.1 Å². The maximum atomic E-state index is 12.9. The van der Waals surface area contributed by atoms with E-state index >= 15 is 0 Å². The predicted molar refractivity (Wildman–Crippen MR) is 119 cm³/mol. The molecule has 0 bridgehead atoms. The van der Waals surface area contributed by atoms with Crippen molar-refractivity contribution in [3.8, 4) is 0 Å². The third kappa shape index (κ3) is 8.69. The molecular formula is C17H27Cl2N3O5S2. The van der Waals surface area contributed by atoms with Crippen LogP contribution in [0.5, 0.6) is 0 Å². The lowest BCUT2D eigenvalue weighted by atomic mass is 10.1. The molecule has 0 aliphatic carbocycles. The van der Waals surface area contributed by atoms with Crippen LogP contribution in [0.1, 0.15) is 29.4 Å². The molecule has 1 aromatic rings. The summed E-state index contributed by atoms with van der Waals surface area (Å²) in [4.78, 5) is 38.0. The Morgan fingerprint density at radius 2 is 2.03 bits per heavy atom. The highest BCUT2D eigenvalue weighted by molar-refractivity contribution is 7.99. The van der Waals surface area contributed by atoms with Gasteiger partial charge in [0.15, 0.2) is 0 Å². The van der Waals surface area contributed by atoms with Crippen molar-refractivity contribution >= 4 is 65.8 Å². The highest BCUT2D eigenvalue weighted by atomic mass is 35.5. The normalized spacial score (nSPS) is 20.2. The third-order valence-corrected chi connectivity index (χ3v) is 6.76. The number of thioether (sulfide) groups is 1. The monoisotopic (exact) mass is 487 g/mol. The summed E-state index contributed by atoms with van der Waals surface area (Å²) < 4.78 is 0. The van der Waals surface area contributed by atoms with Gasteiger partial charge in [-0.1, -0.05) is 12.5 Å². The van der Waals surface area contributed by atoms with E-state index in [4.69, 9.17) is 10.8 Å². The van der Waals surface area contributed by atoms with Crippen LogP contribution >= 0.6 is 47.9 Å². The molecule has 1 aliphatic rings. The fraction of sp³-hybridized carbons (Fsp3) is 0.588. The van der Waals surface area contributed by atoms with Crippen molar-refractivity contribution in [2.45, 2.75) is 36.6 Å². The molecule has 1 aliphatic heterocycles. The van der Waals surface area contributed by atoms with Crippen molar-refractivity contribution in [1.29, 1.82) is 0 Å². The van der Waals surface area contributed by atoms with Crippen molar-refractivity contribution in [3.63, 3.8) is 0 Å². The molecule has 1 amide bonds. The van der Waals surface area contributed by atoms with Crippen LogP contribution in [-0.4, -0.2) is 70.4 Å². The molecule has 2 rings (SSSR count). The van der Waals surface area contributed by atoms with Gasteiger partial charge >= 0.3 is 11.9 Å². The van der Waals surface area contributed by atoms with Gasteiger partial charge in [-0.05, 0) is 30.8 Å². The molecule has 0 saturated carbocycles. The molecule has 0 radical (unpaired) electrons. The van der Waals surface area contributed by atoms with Crippen molar-refractivity contribution in [2.75, 3.05) is 25.4 Å². The minimum Gasteiger partial charge on any atom is -0.480 e. The van der Waals surface area contributed by atoms with Gasteiger partial charge in [0, 0.05) is 17.2 Å². The number of halogens is 2. The van der Waals surface area contributed by atoms with Gasteiger partial charge in [0.1, 0.15) is 12.6 Å². The van der Waals surface area contributed by atoms with Crippen LogP contribution in [0.4, 0.5) is 0 Å². The summed E-state index contributed by atoms with van der Waals surface area (Å²) in [7, 11) is 0. The predicted octanol–water partition coefficient (Wildman–Crippen LogP) is 1.83. The SMILES string of the molecule is Cl.Cl.NCCCC[C@H](NC1CSC(c2cccs2)CN(CC(=O)O)C1=O)C(=O)O. The van der Waals surface area contributed by atoms with Gasteiger partial charge in [0.05, 0.1) is 11.3 Å². The number of amides is 1. The summed E-state index contributed by atoms with van der Waals surface area (Å²) in [5.41, 5.74) is 5.46. The molecule has 1 saturated heterocycles. The molecule has 1 aromatic heterocycles. The third-order valence-electron chi connectivity index (χ3n) is 4.29. The van der Waals surface area contributed by atoms with Crippen LogP contribution in [0.2, 0.25) is 0 Å². The second-order valence-electron chi connectivity index (χ2n) is 6.34. The van der Waals surface area contributed by atoms with E-state index in [1.165, 1.54) is 4.90 Å². The molecule has 1 fully saturated rings. The van der Waals surface area contributed by atoms with Crippen molar-refractivity contribution in [2.24, 2.45) is 5.73 Å². The number of carboxylic acid groups (broad SMARTS) is 2. The molecule has 29 heavy (non-hydrogen) atoms. The van der Waals surface area contributed by atoms with Gasteiger partial charge in [-0.3, -0.25) is 19.7 Å². The number of carbonyl (C=O) groups excluding carboxylic acids is 1. The van der Waals surface area contributed by atoms with E-state index in [-0.39, 0.29) is 36.0 Å². The smallest absolute Gasteiger partial charge is 0.323 e.